The van der Waals surface area contributed by atoms with Crippen LogP contribution in [-0.4, -0.2) is 44.7 Å². The monoisotopic (exact) mass is 398 g/mol. The molecule has 1 aliphatic carbocycles. The Hall–Kier alpha value is -2.90. The molecule has 29 heavy (non-hydrogen) atoms. The Labute approximate surface area is 169 Å². The number of aromatic nitrogens is 2. The van der Waals surface area contributed by atoms with Crippen LogP contribution in [0.1, 0.15) is 44.3 Å². The molecule has 0 spiro atoms. The fraction of sp³-hybridized carbons (Fsp3) is 0.524. The first-order valence-electron chi connectivity index (χ1n) is 10.2. The van der Waals surface area contributed by atoms with Crippen LogP contribution in [0.25, 0.3) is 11.5 Å². The molecule has 2 atom stereocenters. The third-order valence-corrected chi connectivity index (χ3v) is 6.14. The number of carbonyl (C=O) groups excluding carboxylic acids is 1. The molecule has 2 amide bonds. The van der Waals surface area contributed by atoms with Gasteiger partial charge in [-0.3, -0.25) is 9.69 Å². The lowest BCUT2D eigenvalue weighted by molar-refractivity contribution is -0.121. The zero-order chi connectivity index (χ0) is 20.4. The van der Waals surface area contributed by atoms with Gasteiger partial charge in [-0.1, -0.05) is 37.3 Å². The van der Waals surface area contributed by atoms with Gasteiger partial charge in [0.1, 0.15) is 6.04 Å². The summed E-state index contributed by atoms with van der Waals surface area (Å²) in [6, 6.07) is 6.49. The number of anilines is 1. The summed E-state index contributed by atoms with van der Waals surface area (Å²) >= 11 is 0. The average Bonchev–Trinajstić information content (AvgIpc) is 3.36. The van der Waals surface area contributed by atoms with Gasteiger partial charge in [-0.05, 0) is 49.4 Å². The number of rotatable bonds is 4. The molecule has 0 bridgehead atoms. The summed E-state index contributed by atoms with van der Waals surface area (Å²) in [5.74, 6) is 1.24. The molecular weight excluding hydrogens is 372 g/mol. The van der Waals surface area contributed by atoms with Crippen molar-refractivity contribution in [3.8, 4) is 11.5 Å². The molecule has 1 saturated heterocycles. The van der Waals surface area contributed by atoms with Gasteiger partial charge in [-0.2, -0.15) is 4.98 Å². The molecule has 1 aromatic heterocycles. The Kier molecular flexibility index (Phi) is 5.51. The highest BCUT2D eigenvalue weighted by Crippen LogP contribution is 2.39. The highest BCUT2D eigenvalue weighted by molar-refractivity contribution is 5.97. The Morgan fingerprint density at radius 1 is 1.14 bits per heavy atom. The van der Waals surface area contributed by atoms with Gasteiger partial charge < -0.3 is 14.9 Å². The smallest absolute Gasteiger partial charge is 0.407 e. The van der Waals surface area contributed by atoms with Crippen LogP contribution in [0, 0.1) is 18.8 Å². The van der Waals surface area contributed by atoms with Crippen LogP contribution in [0.5, 0.6) is 0 Å². The van der Waals surface area contributed by atoms with Crippen molar-refractivity contribution in [1.82, 2.24) is 15.0 Å². The number of amides is 2. The molecule has 154 valence electrons. The lowest BCUT2D eigenvalue weighted by Gasteiger charge is -2.32. The van der Waals surface area contributed by atoms with E-state index in [9.17, 15) is 14.7 Å². The predicted molar refractivity (Wildman–Crippen MR) is 106 cm³/mol. The van der Waals surface area contributed by atoms with Crippen molar-refractivity contribution >= 4 is 17.7 Å². The third-order valence-electron chi connectivity index (χ3n) is 6.14. The SMILES string of the molecule is Cc1noc(-c2ccc(NC(=O)[C@@H]3[C@H](C4CCCCC4)CCN3C(=O)O)cc2)n1. The van der Waals surface area contributed by atoms with Gasteiger partial charge in [0.15, 0.2) is 5.82 Å². The van der Waals surface area contributed by atoms with Crippen LogP contribution in [0.4, 0.5) is 10.5 Å². The summed E-state index contributed by atoms with van der Waals surface area (Å²) in [5, 5.41) is 16.3. The Bertz CT molecular complexity index is 873. The lowest BCUT2D eigenvalue weighted by atomic mass is 9.76. The quantitative estimate of drug-likeness (QED) is 0.808. The van der Waals surface area contributed by atoms with E-state index in [1.54, 1.807) is 31.2 Å². The van der Waals surface area contributed by atoms with Gasteiger partial charge in [0.2, 0.25) is 5.91 Å². The van der Waals surface area contributed by atoms with Crippen molar-refractivity contribution in [3.63, 3.8) is 0 Å². The number of nitrogens with one attached hydrogen (secondary N) is 1. The molecule has 8 nitrogen and oxygen atoms in total. The van der Waals surface area contributed by atoms with Crippen molar-refractivity contribution < 1.29 is 19.2 Å². The predicted octanol–water partition coefficient (Wildman–Crippen LogP) is 3.93. The molecule has 2 aliphatic rings. The average molecular weight is 398 g/mol. The van der Waals surface area contributed by atoms with Crippen LogP contribution < -0.4 is 5.32 Å². The molecule has 8 heteroatoms. The van der Waals surface area contributed by atoms with Crippen LogP contribution in [0.3, 0.4) is 0 Å². The van der Waals surface area contributed by atoms with Gasteiger partial charge in [0.05, 0.1) is 0 Å². The minimum atomic E-state index is -1.02. The van der Waals surface area contributed by atoms with E-state index >= 15 is 0 Å². The van der Waals surface area contributed by atoms with Crippen molar-refractivity contribution in [2.75, 3.05) is 11.9 Å². The summed E-state index contributed by atoms with van der Waals surface area (Å²) in [7, 11) is 0. The van der Waals surface area contributed by atoms with E-state index in [2.05, 4.69) is 15.5 Å². The first-order valence-corrected chi connectivity index (χ1v) is 10.2. The van der Waals surface area contributed by atoms with Crippen molar-refractivity contribution in [1.29, 1.82) is 0 Å². The van der Waals surface area contributed by atoms with Gasteiger partial charge >= 0.3 is 6.09 Å². The topological polar surface area (TPSA) is 109 Å². The van der Waals surface area contributed by atoms with Crippen LogP contribution in [0.15, 0.2) is 28.8 Å². The van der Waals surface area contributed by atoms with Crippen LogP contribution in [-0.2, 0) is 4.79 Å². The fourth-order valence-corrected chi connectivity index (χ4v) is 4.75. The molecule has 2 aromatic rings. The van der Waals surface area contributed by atoms with Gasteiger partial charge in [0, 0.05) is 17.8 Å². The first-order chi connectivity index (χ1) is 14.0. The van der Waals surface area contributed by atoms with Gasteiger partial charge in [-0.25, -0.2) is 4.79 Å². The third kappa shape index (κ3) is 4.11. The number of carboxylic acid groups (broad SMARTS) is 1. The number of carbonyl (C=O) groups is 2. The molecule has 0 unspecified atom stereocenters. The van der Waals surface area contributed by atoms with E-state index < -0.39 is 12.1 Å². The Morgan fingerprint density at radius 2 is 1.86 bits per heavy atom. The zero-order valence-electron chi connectivity index (χ0n) is 16.5. The molecule has 4 rings (SSSR count). The van der Waals surface area contributed by atoms with E-state index in [0.717, 1.165) is 24.8 Å². The number of hydrogen-bond donors (Lipinski definition) is 2. The largest absolute Gasteiger partial charge is 0.465 e. The fourth-order valence-electron chi connectivity index (χ4n) is 4.75. The highest BCUT2D eigenvalue weighted by Gasteiger charge is 2.45. The van der Waals surface area contributed by atoms with Gasteiger partial charge in [0.25, 0.3) is 5.89 Å². The van der Waals surface area contributed by atoms with Crippen LogP contribution >= 0.6 is 0 Å². The lowest BCUT2D eigenvalue weighted by Crippen LogP contribution is -2.47. The minimum absolute atomic E-state index is 0.0899. The summed E-state index contributed by atoms with van der Waals surface area (Å²) in [6.45, 7) is 2.17. The normalized spacial score (nSPS) is 22.6. The number of benzene rings is 1. The maximum atomic E-state index is 13.1. The first kappa shape index (κ1) is 19.4. The molecule has 2 fully saturated rings. The van der Waals surface area contributed by atoms with Crippen molar-refractivity contribution in [3.05, 3.63) is 30.1 Å². The maximum Gasteiger partial charge on any atom is 0.407 e. The number of hydrogen-bond acceptors (Lipinski definition) is 5. The molecule has 1 aliphatic heterocycles. The maximum absolute atomic E-state index is 13.1. The number of aryl methyl sites for hydroxylation is 1. The van der Waals surface area contributed by atoms with E-state index in [1.165, 1.54) is 24.2 Å². The minimum Gasteiger partial charge on any atom is -0.465 e. The summed E-state index contributed by atoms with van der Waals surface area (Å²) in [5.41, 5.74) is 1.38. The molecule has 0 radical (unpaired) electrons. The standard InChI is InChI=1S/C21H26N4O4/c1-13-22-20(29-24-13)15-7-9-16(10-8-15)23-19(26)18-17(11-12-25(18)21(27)28)14-5-3-2-4-6-14/h7-10,14,17-18H,2-6,11-12H2,1H3,(H,23,26)(H,27,28)/t17-,18-/m0/s1. The van der Waals surface area contributed by atoms with Crippen LogP contribution in [0.2, 0.25) is 0 Å². The summed E-state index contributed by atoms with van der Waals surface area (Å²) in [6.07, 6.45) is 5.46. The van der Waals surface area contributed by atoms with E-state index in [4.69, 9.17) is 4.52 Å². The second-order valence-corrected chi connectivity index (χ2v) is 7.98. The number of nitrogens with zero attached hydrogens (tertiary/aromatic N) is 3. The zero-order valence-corrected chi connectivity index (χ0v) is 16.5. The summed E-state index contributed by atoms with van der Waals surface area (Å²) in [4.78, 5) is 30.3. The molecule has 1 saturated carbocycles. The van der Waals surface area contributed by atoms with Crippen molar-refractivity contribution in [2.45, 2.75) is 51.5 Å². The Morgan fingerprint density at radius 3 is 2.48 bits per heavy atom. The second-order valence-electron chi connectivity index (χ2n) is 7.98. The molecule has 2 N–H and O–H groups in total. The Balaban J connectivity index is 1.49. The molecule has 2 heterocycles. The summed E-state index contributed by atoms with van der Waals surface area (Å²) < 4.78 is 5.15. The van der Waals surface area contributed by atoms with E-state index in [0.29, 0.717) is 29.9 Å². The van der Waals surface area contributed by atoms with E-state index in [-0.39, 0.29) is 11.8 Å². The second kappa shape index (κ2) is 8.23. The molecule has 1 aromatic carbocycles. The highest BCUT2D eigenvalue weighted by atomic mass is 16.5. The molecular formula is C21H26N4O4. The number of likely N-dealkylation sites (tertiary alicyclic amines) is 1. The van der Waals surface area contributed by atoms with Gasteiger partial charge in [-0.15, -0.1) is 0 Å². The van der Waals surface area contributed by atoms with Crippen molar-refractivity contribution in [2.24, 2.45) is 11.8 Å². The van der Waals surface area contributed by atoms with E-state index in [1.807, 2.05) is 0 Å².